The van der Waals surface area contributed by atoms with Crippen LogP contribution in [0.15, 0.2) is 0 Å². The summed E-state index contributed by atoms with van der Waals surface area (Å²) in [6.45, 7) is 11.1. The normalized spacial score (nSPS) is 28.8. The van der Waals surface area contributed by atoms with Gasteiger partial charge < -0.3 is 10.1 Å². The van der Waals surface area contributed by atoms with Crippen molar-refractivity contribution in [2.24, 2.45) is 5.92 Å². The first-order chi connectivity index (χ1) is 8.72. The number of methoxy groups -OCH3 is 1. The summed E-state index contributed by atoms with van der Waals surface area (Å²) in [5, 5.41) is 3.75. The van der Waals surface area contributed by atoms with E-state index in [0.29, 0.717) is 12.1 Å². The zero-order valence-corrected chi connectivity index (χ0v) is 12.7. The Hall–Kier alpha value is -0.120. The van der Waals surface area contributed by atoms with E-state index in [-0.39, 0.29) is 0 Å². The maximum atomic E-state index is 5.25. The van der Waals surface area contributed by atoms with Gasteiger partial charge in [0.2, 0.25) is 0 Å². The van der Waals surface area contributed by atoms with Crippen LogP contribution in [0.4, 0.5) is 0 Å². The molecule has 1 aliphatic rings. The lowest BCUT2D eigenvalue weighted by Gasteiger charge is -2.42. The van der Waals surface area contributed by atoms with Gasteiger partial charge in [-0.1, -0.05) is 20.8 Å². The number of likely N-dealkylation sites (N-methyl/N-ethyl adjacent to an activating group) is 1. The highest BCUT2D eigenvalue weighted by molar-refractivity contribution is 4.90. The molecule has 0 amide bonds. The molecule has 0 aromatic rings. The van der Waals surface area contributed by atoms with E-state index in [1.807, 2.05) is 0 Å². The molecular formula is C15H32N2O. The molecule has 1 N–H and O–H groups in total. The molecule has 1 saturated carbocycles. The van der Waals surface area contributed by atoms with Gasteiger partial charge in [-0.25, -0.2) is 0 Å². The minimum absolute atomic E-state index is 0.679. The Bertz CT molecular complexity index is 198. The van der Waals surface area contributed by atoms with Crippen LogP contribution >= 0.6 is 0 Å². The van der Waals surface area contributed by atoms with E-state index in [2.05, 4.69) is 31.0 Å². The fraction of sp³-hybridized carbons (Fsp3) is 1.00. The molecule has 1 fully saturated rings. The second kappa shape index (κ2) is 8.89. The van der Waals surface area contributed by atoms with Crippen LogP contribution in [0, 0.1) is 5.92 Å². The third-order valence-corrected chi connectivity index (χ3v) is 4.19. The van der Waals surface area contributed by atoms with Gasteiger partial charge in [0.1, 0.15) is 0 Å². The topological polar surface area (TPSA) is 24.5 Å². The van der Waals surface area contributed by atoms with Crippen molar-refractivity contribution in [1.29, 1.82) is 0 Å². The van der Waals surface area contributed by atoms with E-state index >= 15 is 0 Å². The molecule has 0 radical (unpaired) electrons. The number of hydrogen-bond donors (Lipinski definition) is 1. The van der Waals surface area contributed by atoms with Crippen molar-refractivity contribution in [3.8, 4) is 0 Å². The van der Waals surface area contributed by atoms with Crippen LogP contribution in [0.1, 0.15) is 46.5 Å². The highest BCUT2D eigenvalue weighted by Crippen LogP contribution is 2.27. The highest BCUT2D eigenvalue weighted by Gasteiger charge is 2.31. The van der Waals surface area contributed by atoms with Crippen LogP contribution in [-0.4, -0.2) is 50.3 Å². The van der Waals surface area contributed by atoms with Gasteiger partial charge >= 0.3 is 0 Å². The minimum Gasteiger partial charge on any atom is -0.383 e. The van der Waals surface area contributed by atoms with Crippen LogP contribution < -0.4 is 5.32 Å². The van der Waals surface area contributed by atoms with Gasteiger partial charge in [0.05, 0.1) is 6.61 Å². The summed E-state index contributed by atoms with van der Waals surface area (Å²) < 4.78 is 5.25. The van der Waals surface area contributed by atoms with E-state index in [0.717, 1.165) is 32.2 Å². The fourth-order valence-electron chi connectivity index (χ4n) is 3.09. The Balaban J connectivity index is 2.57. The molecule has 0 aromatic carbocycles. The Morgan fingerprint density at radius 1 is 1.28 bits per heavy atom. The molecule has 0 aliphatic heterocycles. The van der Waals surface area contributed by atoms with Crippen LogP contribution in [0.5, 0.6) is 0 Å². The summed E-state index contributed by atoms with van der Waals surface area (Å²) in [4.78, 5) is 2.60. The minimum atomic E-state index is 0.679. The third-order valence-electron chi connectivity index (χ3n) is 4.19. The molecule has 1 rings (SSSR count). The summed E-state index contributed by atoms with van der Waals surface area (Å²) >= 11 is 0. The molecule has 0 heterocycles. The first-order valence-electron chi connectivity index (χ1n) is 7.69. The largest absolute Gasteiger partial charge is 0.383 e. The van der Waals surface area contributed by atoms with E-state index in [4.69, 9.17) is 4.74 Å². The standard InChI is InChI=1S/C15H32N2O/c1-5-9-16-14-8-7-13(3)12-15(14)17(6-2)10-11-18-4/h13-16H,5-12H2,1-4H3. The van der Waals surface area contributed by atoms with Crippen LogP contribution in [0.2, 0.25) is 0 Å². The van der Waals surface area contributed by atoms with Crippen LogP contribution in [0.3, 0.4) is 0 Å². The maximum Gasteiger partial charge on any atom is 0.0589 e. The van der Waals surface area contributed by atoms with Gasteiger partial charge in [-0.15, -0.1) is 0 Å². The Morgan fingerprint density at radius 3 is 2.67 bits per heavy atom. The van der Waals surface area contributed by atoms with E-state index < -0.39 is 0 Å². The van der Waals surface area contributed by atoms with Crippen molar-refractivity contribution in [3.05, 3.63) is 0 Å². The van der Waals surface area contributed by atoms with Crippen molar-refractivity contribution in [3.63, 3.8) is 0 Å². The van der Waals surface area contributed by atoms with Crippen molar-refractivity contribution < 1.29 is 4.74 Å². The molecule has 3 unspecified atom stereocenters. The quantitative estimate of drug-likeness (QED) is 0.722. The number of ether oxygens (including phenoxy) is 1. The Morgan fingerprint density at radius 2 is 2.06 bits per heavy atom. The zero-order valence-electron chi connectivity index (χ0n) is 12.7. The molecule has 0 aromatic heterocycles. The molecule has 0 saturated heterocycles. The number of rotatable bonds is 8. The molecule has 3 nitrogen and oxygen atoms in total. The maximum absolute atomic E-state index is 5.25. The molecule has 18 heavy (non-hydrogen) atoms. The van der Waals surface area contributed by atoms with Crippen molar-refractivity contribution in [2.45, 2.75) is 58.5 Å². The molecule has 108 valence electrons. The summed E-state index contributed by atoms with van der Waals surface area (Å²) in [5.41, 5.74) is 0. The lowest BCUT2D eigenvalue weighted by atomic mass is 9.82. The molecule has 0 spiro atoms. The predicted octanol–water partition coefficient (Wildman–Crippen LogP) is 2.51. The van der Waals surface area contributed by atoms with Gasteiger partial charge in [0.25, 0.3) is 0 Å². The monoisotopic (exact) mass is 256 g/mol. The summed E-state index contributed by atoms with van der Waals surface area (Å²) in [5.74, 6) is 0.867. The van der Waals surface area contributed by atoms with Crippen molar-refractivity contribution in [2.75, 3.05) is 33.4 Å². The Labute approximate surface area is 113 Å². The number of nitrogens with one attached hydrogen (secondary N) is 1. The Kier molecular flexibility index (Phi) is 7.87. The third kappa shape index (κ3) is 4.87. The highest BCUT2D eigenvalue weighted by atomic mass is 16.5. The van der Waals surface area contributed by atoms with Crippen LogP contribution in [-0.2, 0) is 4.74 Å². The lowest BCUT2D eigenvalue weighted by Crippen LogP contribution is -2.53. The summed E-state index contributed by atoms with van der Waals surface area (Å²) in [7, 11) is 1.80. The van der Waals surface area contributed by atoms with E-state index in [1.54, 1.807) is 7.11 Å². The van der Waals surface area contributed by atoms with Gasteiger partial charge in [0, 0.05) is 25.7 Å². The van der Waals surface area contributed by atoms with E-state index in [9.17, 15) is 0 Å². The fourth-order valence-corrected chi connectivity index (χ4v) is 3.09. The average Bonchev–Trinajstić information content (AvgIpc) is 2.38. The van der Waals surface area contributed by atoms with Gasteiger partial charge in [-0.3, -0.25) is 4.90 Å². The molecule has 0 bridgehead atoms. The first-order valence-corrected chi connectivity index (χ1v) is 7.69. The molecule has 1 aliphatic carbocycles. The van der Waals surface area contributed by atoms with Crippen LogP contribution in [0.25, 0.3) is 0 Å². The summed E-state index contributed by atoms with van der Waals surface area (Å²) in [6.07, 6.45) is 5.26. The lowest BCUT2D eigenvalue weighted by molar-refractivity contribution is 0.0747. The van der Waals surface area contributed by atoms with Crippen molar-refractivity contribution in [1.82, 2.24) is 10.2 Å². The van der Waals surface area contributed by atoms with Gasteiger partial charge in [0.15, 0.2) is 0 Å². The second-order valence-electron chi connectivity index (χ2n) is 5.67. The second-order valence-corrected chi connectivity index (χ2v) is 5.67. The van der Waals surface area contributed by atoms with E-state index in [1.165, 1.54) is 25.7 Å². The van der Waals surface area contributed by atoms with Gasteiger partial charge in [-0.05, 0) is 44.7 Å². The molecular weight excluding hydrogens is 224 g/mol. The SMILES string of the molecule is CCCNC1CCC(C)CC1N(CC)CCOC. The first kappa shape index (κ1) is 15.9. The average molecular weight is 256 g/mol. The predicted molar refractivity (Wildman–Crippen MR) is 78.0 cm³/mol. The molecule has 3 atom stereocenters. The van der Waals surface area contributed by atoms with Crippen molar-refractivity contribution >= 4 is 0 Å². The zero-order chi connectivity index (χ0) is 13.4. The van der Waals surface area contributed by atoms with Gasteiger partial charge in [-0.2, -0.15) is 0 Å². The molecule has 3 heteroatoms. The number of nitrogens with zero attached hydrogens (tertiary/aromatic N) is 1. The number of hydrogen-bond acceptors (Lipinski definition) is 3. The summed E-state index contributed by atoms with van der Waals surface area (Å²) in [6, 6.07) is 1.37. The smallest absolute Gasteiger partial charge is 0.0589 e.